The van der Waals surface area contributed by atoms with Gasteiger partial charge in [0.2, 0.25) is 5.91 Å². The molecule has 1 amide bonds. The van der Waals surface area contributed by atoms with Gasteiger partial charge in [-0.05, 0) is 24.6 Å². The first-order chi connectivity index (χ1) is 9.70. The predicted octanol–water partition coefficient (Wildman–Crippen LogP) is 3.41. The number of carbonyl (C=O) groups is 1. The Morgan fingerprint density at radius 3 is 2.85 bits per heavy atom. The Labute approximate surface area is 128 Å². The molecule has 0 unspecified atom stereocenters. The number of unbranched alkanes of at least 4 members (excludes halogenated alkanes) is 1. The summed E-state index contributed by atoms with van der Waals surface area (Å²) in [6.07, 6.45) is 2.53. The second kappa shape index (κ2) is 7.64. The van der Waals surface area contributed by atoms with Crippen LogP contribution in [-0.2, 0) is 9.53 Å². The molecule has 1 N–H and O–H groups in total. The van der Waals surface area contributed by atoms with E-state index in [1.807, 2.05) is 18.2 Å². The predicted molar refractivity (Wildman–Crippen MR) is 85.3 cm³/mol. The summed E-state index contributed by atoms with van der Waals surface area (Å²) >= 11 is 3.47. The lowest BCUT2D eigenvalue weighted by molar-refractivity contribution is -0.116. The Kier molecular flexibility index (Phi) is 5.86. The molecule has 0 spiro atoms. The fraction of sp³-hybridized carbons (Fsp3) is 0.533. The highest BCUT2D eigenvalue weighted by Gasteiger charge is 2.16. The number of nitrogens with one attached hydrogen (secondary N) is 1. The molecule has 1 aliphatic heterocycles. The molecule has 110 valence electrons. The van der Waals surface area contributed by atoms with Crippen LogP contribution in [0.25, 0.3) is 0 Å². The van der Waals surface area contributed by atoms with Gasteiger partial charge < -0.3 is 15.0 Å². The van der Waals surface area contributed by atoms with Crippen molar-refractivity contribution in [2.75, 3.05) is 36.5 Å². The molecule has 1 aromatic rings. The molecule has 1 aromatic carbocycles. The van der Waals surface area contributed by atoms with E-state index in [0.29, 0.717) is 6.42 Å². The minimum atomic E-state index is 0.0828. The number of ether oxygens (including phenoxy) is 1. The Morgan fingerprint density at radius 1 is 1.40 bits per heavy atom. The van der Waals surface area contributed by atoms with Gasteiger partial charge in [0.1, 0.15) is 0 Å². The number of halogens is 1. The lowest BCUT2D eigenvalue weighted by Gasteiger charge is -2.30. The highest BCUT2D eigenvalue weighted by molar-refractivity contribution is 9.10. The minimum absolute atomic E-state index is 0.0828. The van der Waals surface area contributed by atoms with E-state index < -0.39 is 0 Å². The summed E-state index contributed by atoms with van der Waals surface area (Å²) in [5, 5.41) is 3.03. The zero-order valence-corrected chi connectivity index (χ0v) is 13.4. The fourth-order valence-electron chi connectivity index (χ4n) is 2.24. The van der Waals surface area contributed by atoms with Crippen LogP contribution in [0.2, 0.25) is 0 Å². The van der Waals surface area contributed by atoms with Gasteiger partial charge >= 0.3 is 0 Å². The molecule has 0 bridgehead atoms. The topological polar surface area (TPSA) is 41.6 Å². The van der Waals surface area contributed by atoms with Gasteiger partial charge in [0, 0.05) is 24.0 Å². The van der Waals surface area contributed by atoms with Crippen molar-refractivity contribution in [2.45, 2.75) is 26.2 Å². The number of carbonyl (C=O) groups excluding carboxylic acids is 1. The Balaban J connectivity index is 2.12. The van der Waals surface area contributed by atoms with Crippen LogP contribution >= 0.6 is 15.9 Å². The Morgan fingerprint density at radius 2 is 2.15 bits per heavy atom. The summed E-state index contributed by atoms with van der Waals surface area (Å²) in [7, 11) is 0. The van der Waals surface area contributed by atoms with E-state index in [1.165, 1.54) is 0 Å². The lowest BCUT2D eigenvalue weighted by Crippen LogP contribution is -2.36. The number of nitrogens with zero attached hydrogens (tertiary/aromatic N) is 1. The highest BCUT2D eigenvalue weighted by Crippen LogP contribution is 2.30. The number of rotatable bonds is 5. The summed E-state index contributed by atoms with van der Waals surface area (Å²) in [5.74, 6) is 0.0828. The first kappa shape index (κ1) is 15.3. The molecule has 0 saturated carbocycles. The van der Waals surface area contributed by atoms with Crippen LogP contribution in [0.3, 0.4) is 0 Å². The Hall–Kier alpha value is -1.07. The van der Waals surface area contributed by atoms with Gasteiger partial charge in [-0.3, -0.25) is 4.79 Å². The molecule has 1 saturated heterocycles. The van der Waals surface area contributed by atoms with E-state index >= 15 is 0 Å². The number of morpholine rings is 1. The van der Waals surface area contributed by atoms with Gasteiger partial charge in [0.05, 0.1) is 24.6 Å². The lowest BCUT2D eigenvalue weighted by atomic mass is 10.2. The summed E-state index contributed by atoms with van der Waals surface area (Å²) in [4.78, 5) is 14.2. The molecule has 0 atom stereocenters. The fourth-order valence-corrected chi connectivity index (χ4v) is 2.60. The van der Waals surface area contributed by atoms with Gasteiger partial charge in [-0.2, -0.15) is 0 Å². The zero-order chi connectivity index (χ0) is 14.4. The van der Waals surface area contributed by atoms with E-state index in [4.69, 9.17) is 4.74 Å². The average molecular weight is 341 g/mol. The van der Waals surface area contributed by atoms with E-state index in [9.17, 15) is 4.79 Å². The van der Waals surface area contributed by atoms with Crippen LogP contribution in [0.5, 0.6) is 0 Å². The standard InChI is InChI=1S/C15H21BrN2O2/c1-2-3-4-15(19)17-13-11-12(16)5-6-14(13)18-7-9-20-10-8-18/h5-6,11H,2-4,7-10H2,1H3,(H,17,19). The van der Waals surface area contributed by atoms with Crippen molar-refractivity contribution >= 4 is 33.2 Å². The van der Waals surface area contributed by atoms with Crippen molar-refractivity contribution in [1.82, 2.24) is 0 Å². The van der Waals surface area contributed by atoms with Gasteiger partial charge in [-0.25, -0.2) is 0 Å². The molecular formula is C15H21BrN2O2. The molecule has 20 heavy (non-hydrogen) atoms. The molecule has 4 nitrogen and oxygen atoms in total. The summed E-state index contributed by atoms with van der Waals surface area (Å²) in [6.45, 7) is 5.28. The molecule has 1 heterocycles. The summed E-state index contributed by atoms with van der Waals surface area (Å²) in [6, 6.07) is 6.02. The highest BCUT2D eigenvalue weighted by atomic mass is 79.9. The van der Waals surface area contributed by atoms with Crippen LogP contribution in [0.1, 0.15) is 26.2 Å². The summed E-state index contributed by atoms with van der Waals surface area (Å²) < 4.78 is 6.35. The third-order valence-electron chi connectivity index (χ3n) is 3.34. The normalized spacial score (nSPS) is 15.2. The first-order valence-corrected chi connectivity index (χ1v) is 7.92. The number of anilines is 2. The van der Waals surface area contributed by atoms with Crippen LogP contribution in [-0.4, -0.2) is 32.2 Å². The second-order valence-corrected chi connectivity index (χ2v) is 5.83. The maximum atomic E-state index is 11.9. The smallest absolute Gasteiger partial charge is 0.224 e. The van der Waals surface area contributed by atoms with Gasteiger partial charge in [0.25, 0.3) is 0 Å². The number of hydrogen-bond donors (Lipinski definition) is 1. The van der Waals surface area contributed by atoms with Crippen LogP contribution in [0.15, 0.2) is 22.7 Å². The molecule has 5 heteroatoms. The SMILES string of the molecule is CCCCC(=O)Nc1cc(Br)ccc1N1CCOCC1. The van der Waals surface area contributed by atoms with Crippen LogP contribution in [0.4, 0.5) is 11.4 Å². The number of hydrogen-bond acceptors (Lipinski definition) is 3. The van der Waals surface area contributed by atoms with Crippen molar-refractivity contribution < 1.29 is 9.53 Å². The molecule has 0 radical (unpaired) electrons. The number of benzene rings is 1. The van der Waals surface area contributed by atoms with E-state index in [1.54, 1.807) is 0 Å². The molecule has 1 aliphatic rings. The number of amides is 1. The van der Waals surface area contributed by atoms with Gasteiger partial charge in [-0.1, -0.05) is 29.3 Å². The zero-order valence-electron chi connectivity index (χ0n) is 11.8. The molecule has 1 fully saturated rings. The third kappa shape index (κ3) is 4.21. The van der Waals surface area contributed by atoms with E-state index in [2.05, 4.69) is 33.1 Å². The second-order valence-electron chi connectivity index (χ2n) is 4.91. The molecular weight excluding hydrogens is 320 g/mol. The first-order valence-electron chi connectivity index (χ1n) is 7.13. The van der Waals surface area contributed by atoms with Crippen molar-refractivity contribution in [2.24, 2.45) is 0 Å². The largest absolute Gasteiger partial charge is 0.378 e. The van der Waals surface area contributed by atoms with E-state index in [-0.39, 0.29) is 5.91 Å². The van der Waals surface area contributed by atoms with Crippen LogP contribution < -0.4 is 10.2 Å². The monoisotopic (exact) mass is 340 g/mol. The van der Waals surface area contributed by atoms with Gasteiger partial charge in [-0.15, -0.1) is 0 Å². The quantitative estimate of drug-likeness (QED) is 0.892. The Bertz CT molecular complexity index is 459. The maximum Gasteiger partial charge on any atom is 0.224 e. The third-order valence-corrected chi connectivity index (χ3v) is 3.84. The molecule has 2 rings (SSSR count). The average Bonchev–Trinajstić information content (AvgIpc) is 2.46. The maximum absolute atomic E-state index is 11.9. The minimum Gasteiger partial charge on any atom is -0.378 e. The van der Waals surface area contributed by atoms with Crippen molar-refractivity contribution in [3.05, 3.63) is 22.7 Å². The van der Waals surface area contributed by atoms with Crippen LogP contribution in [0, 0.1) is 0 Å². The van der Waals surface area contributed by atoms with Crippen molar-refractivity contribution in [3.63, 3.8) is 0 Å². The van der Waals surface area contributed by atoms with Crippen molar-refractivity contribution in [3.8, 4) is 0 Å². The van der Waals surface area contributed by atoms with Gasteiger partial charge in [0.15, 0.2) is 0 Å². The van der Waals surface area contributed by atoms with E-state index in [0.717, 1.165) is 55.0 Å². The molecule has 0 aromatic heterocycles. The molecule has 0 aliphatic carbocycles. The van der Waals surface area contributed by atoms with Crippen molar-refractivity contribution in [1.29, 1.82) is 0 Å². The summed E-state index contributed by atoms with van der Waals surface area (Å²) in [5.41, 5.74) is 1.95.